The molecule has 0 atom stereocenters. The van der Waals surface area contributed by atoms with Crippen molar-refractivity contribution in [1.82, 2.24) is 0 Å². The minimum Gasteiger partial charge on any atom is -0.496 e. The molecule has 0 aliphatic rings. The smallest absolute Gasteiger partial charge is 0.244 e. The van der Waals surface area contributed by atoms with Crippen LogP contribution in [-0.2, 0) is 4.79 Å². The number of hydrogen-bond acceptors (Lipinski definition) is 4. The molecule has 1 aromatic carbocycles. The summed E-state index contributed by atoms with van der Waals surface area (Å²) in [5.41, 5.74) is 0.276. The Morgan fingerprint density at radius 2 is 1.84 bits per heavy atom. The van der Waals surface area contributed by atoms with Crippen molar-refractivity contribution in [1.29, 1.82) is 5.26 Å². The summed E-state index contributed by atoms with van der Waals surface area (Å²) in [6, 6.07) is 5.41. The Bertz CT molecular complexity index is 530. The number of nitrogens with zero attached hydrogens (tertiary/aromatic N) is 1. The second-order valence-corrected chi connectivity index (χ2v) is 4.71. The molecular formula is C14H18N2O3. The maximum absolute atomic E-state index is 12.0. The fourth-order valence-electron chi connectivity index (χ4n) is 1.48. The van der Waals surface area contributed by atoms with Crippen molar-refractivity contribution in [3.63, 3.8) is 0 Å². The van der Waals surface area contributed by atoms with Crippen molar-refractivity contribution in [2.24, 2.45) is 5.41 Å². The second kappa shape index (κ2) is 5.61. The molecule has 5 heteroatoms. The first-order valence-corrected chi connectivity index (χ1v) is 5.81. The van der Waals surface area contributed by atoms with Crippen LogP contribution in [0.5, 0.6) is 11.5 Å². The van der Waals surface area contributed by atoms with Crippen LogP contribution in [0.4, 0.5) is 5.69 Å². The van der Waals surface area contributed by atoms with E-state index in [0.717, 1.165) is 5.56 Å². The number of rotatable bonds is 4. The minimum absolute atomic E-state index is 0.390. The lowest BCUT2D eigenvalue weighted by atomic mass is 9.94. The summed E-state index contributed by atoms with van der Waals surface area (Å²) < 4.78 is 10.4. The maximum atomic E-state index is 12.0. The predicted molar refractivity (Wildman–Crippen MR) is 72.3 cm³/mol. The van der Waals surface area contributed by atoms with Gasteiger partial charge in [0.15, 0.2) is 0 Å². The van der Waals surface area contributed by atoms with Gasteiger partial charge in [-0.05, 0) is 32.4 Å². The molecule has 102 valence electrons. The van der Waals surface area contributed by atoms with E-state index in [-0.39, 0.29) is 5.91 Å². The molecule has 0 heterocycles. The van der Waals surface area contributed by atoms with E-state index in [0.29, 0.717) is 17.2 Å². The average molecular weight is 262 g/mol. The molecule has 0 aliphatic heterocycles. The van der Waals surface area contributed by atoms with E-state index in [1.807, 2.05) is 13.0 Å². The van der Waals surface area contributed by atoms with Gasteiger partial charge in [0.1, 0.15) is 16.9 Å². The Morgan fingerprint density at radius 3 is 2.32 bits per heavy atom. The molecule has 1 N–H and O–H groups in total. The van der Waals surface area contributed by atoms with E-state index >= 15 is 0 Å². The van der Waals surface area contributed by atoms with E-state index < -0.39 is 5.41 Å². The van der Waals surface area contributed by atoms with Crippen molar-refractivity contribution in [3.05, 3.63) is 17.7 Å². The maximum Gasteiger partial charge on any atom is 0.244 e. The summed E-state index contributed by atoms with van der Waals surface area (Å²) in [6.07, 6.45) is 0. The van der Waals surface area contributed by atoms with Gasteiger partial charge >= 0.3 is 0 Å². The van der Waals surface area contributed by atoms with Crippen LogP contribution in [0.2, 0.25) is 0 Å². The van der Waals surface area contributed by atoms with Crippen molar-refractivity contribution in [2.75, 3.05) is 19.5 Å². The molecule has 1 amide bonds. The third-order valence-electron chi connectivity index (χ3n) is 2.81. The van der Waals surface area contributed by atoms with E-state index in [2.05, 4.69) is 5.32 Å². The zero-order valence-corrected chi connectivity index (χ0v) is 11.8. The highest BCUT2D eigenvalue weighted by Crippen LogP contribution is 2.33. The van der Waals surface area contributed by atoms with Gasteiger partial charge in [-0.15, -0.1) is 0 Å². The molecular weight excluding hydrogens is 244 g/mol. The normalized spacial score (nSPS) is 10.5. The average Bonchev–Trinajstić information content (AvgIpc) is 2.39. The fourth-order valence-corrected chi connectivity index (χ4v) is 1.48. The quantitative estimate of drug-likeness (QED) is 0.905. The lowest BCUT2D eigenvalue weighted by Crippen LogP contribution is -2.29. The molecule has 0 bridgehead atoms. The highest BCUT2D eigenvalue weighted by molar-refractivity contribution is 5.98. The molecule has 1 aromatic rings. The first-order chi connectivity index (χ1) is 8.85. The third-order valence-corrected chi connectivity index (χ3v) is 2.81. The van der Waals surface area contributed by atoms with Crippen LogP contribution in [0, 0.1) is 23.7 Å². The van der Waals surface area contributed by atoms with Gasteiger partial charge in [0.05, 0.1) is 26.0 Å². The van der Waals surface area contributed by atoms with Crippen molar-refractivity contribution in [3.8, 4) is 17.6 Å². The zero-order valence-electron chi connectivity index (χ0n) is 11.8. The molecule has 5 nitrogen and oxygen atoms in total. The van der Waals surface area contributed by atoms with Crippen LogP contribution in [-0.4, -0.2) is 20.1 Å². The molecule has 0 radical (unpaired) electrons. The SMILES string of the molecule is COc1cc(NC(=O)C(C)(C)C#N)c(OC)cc1C. The molecule has 0 aliphatic carbocycles. The first-order valence-electron chi connectivity index (χ1n) is 5.81. The van der Waals surface area contributed by atoms with E-state index in [9.17, 15) is 4.79 Å². The molecule has 0 spiro atoms. The van der Waals surface area contributed by atoms with Gasteiger partial charge < -0.3 is 14.8 Å². The molecule has 0 unspecified atom stereocenters. The molecule has 0 fully saturated rings. The number of methoxy groups -OCH3 is 2. The molecule has 0 saturated carbocycles. The summed E-state index contributed by atoms with van der Waals surface area (Å²) >= 11 is 0. The van der Waals surface area contributed by atoms with Gasteiger partial charge in [-0.3, -0.25) is 4.79 Å². The summed E-state index contributed by atoms with van der Waals surface area (Å²) in [5.74, 6) is 0.783. The number of nitrogens with one attached hydrogen (secondary N) is 1. The largest absolute Gasteiger partial charge is 0.496 e. The molecule has 1 rings (SSSR count). The fraction of sp³-hybridized carbons (Fsp3) is 0.429. The molecule has 0 aromatic heterocycles. The van der Waals surface area contributed by atoms with Crippen molar-refractivity contribution in [2.45, 2.75) is 20.8 Å². The van der Waals surface area contributed by atoms with E-state index in [4.69, 9.17) is 14.7 Å². The van der Waals surface area contributed by atoms with Gasteiger partial charge in [0.2, 0.25) is 5.91 Å². The number of carbonyl (C=O) groups is 1. The number of amides is 1. The zero-order chi connectivity index (χ0) is 14.6. The number of aryl methyl sites for hydroxylation is 1. The number of ether oxygens (including phenoxy) is 2. The standard InChI is InChI=1S/C14H18N2O3/c1-9-6-12(19-5)10(7-11(9)18-4)16-13(17)14(2,3)8-15/h6-7H,1-5H3,(H,16,17). The number of hydrogen-bond donors (Lipinski definition) is 1. The van der Waals surface area contributed by atoms with Crippen LogP contribution in [0.3, 0.4) is 0 Å². The predicted octanol–water partition coefficient (Wildman–Crippen LogP) is 2.50. The first kappa shape index (κ1) is 14.8. The molecule has 0 saturated heterocycles. The van der Waals surface area contributed by atoms with Crippen molar-refractivity contribution >= 4 is 11.6 Å². The summed E-state index contributed by atoms with van der Waals surface area (Å²) in [5, 5.41) is 11.6. The van der Waals surface area contributed by atoms with E-state index in [1.165, 1.54) is 7.11 Å². The number of benzene rings is 1. The summed E-state index contributed by atoms with van der Waals surface area (Å²) in [4.78, 5) is 12.0. The lowest BCUT2D eigenvalue weighted by Gasteiger charge is -2.18. The van der Waals surface area contributed by atoms with Crippen LogP contribution >= 0.6 is 0 Å². The Balaban J connectivity index is 3.14. The lowest BCUT2D eigenvalue weighted by molar-refractivity contribution is -0.121. The summed E-state index contributed by atoms with van der Waals surface area (Å²) in [6.45, 7) is 4.99. The van der Waals surface area contributed by atoms with E-state index in [1.54, 1.807) is 33.1 Å². The summed E-state index contributed by atoms with van der Waals surface area (Å²) in [7, 11) is 3.08. The number of carbonyl (C=O) groups excluding carboxylic acids is 1. The third kappa shape index (κ3) is 3.16. The Kier molecular flexibility index (Phi) is 4.38. The van der Waals surface area contributed by atoms with Gasteiger partial charge in [0, 0.05) is 6.07 Å². The monoisotopic (exact) mass is 262 g/mol. The van der Waals surface area contributed by atoms with Gasteiger partial charge in [-0.2, -0.15) is 5.26 Å². The number of nitriles is 1. The minimum atomic E-state index is -1.11. The van der Waals surface area contributed by atoms with Crippen LogP contribution in [0.15, 0.2) is 12.1 Å². The van der Waals surface area contributed by atoms with Gasteiger partial charge in [-0.25, -0.2) is 0 Å². The highest BCUT2D eigenvalue weighted by Gasteiger charge is 2.28. The topological polar surface area (TPSA) is 71.3 Å². The van der Waals surface area contributed by atoms with Crippen LogP contribution in [0.1, 0.15) is 19.4 Å². The van der Waals surface area contributed by atoms with Gasteiger partial charge in [0.25, 0.3) is 0 Å². The second-order valence-electron chi connectivity index (χ2n) is 4.71. The van der Waals surface area contributed by atoms with Crippen LogP contribution in [0.25, 0.3) is 0 Å². The van der Waals surface area contributed by atoms with Gasteiger partial charge in [-0.1, -0.05) is 0 Å². The van der Waals surface area contributed by atoms with Crippen molar-refractivity contribution < 1.29 is 14.3 Å². The Morgan fingerprint density at radius 1 is 1.26 bits per heavy atom. The Labute approximate surface area is 113 Å². The molecule has 19 heavy (non-hydrogen) atoms. The highest BCUT2D eigenvalue weighted by atomic mass is 16.5. The van der Waals surface area contributed by atoms with Crippen LogP contribution < -0.4 is 14.8 Å². The number of anilines is 1. The Hall–Kier alpha value is -2.22.